The largest absolute Gasteiger partial charge is 0.244 e. The van der Waals surface area contributed by atoms with E-state index < -0.39 is 0 Å². The molecule has 13 heavy (non-hydrogen) atoms. The van der Waals surface area contributed by atoms with Crippen LogP contribution < -0.4 is 0 Å². The number of thiol groups is 1. The maximum absolute atomic E-state index is 6.07. The van der Waals surface area contributed by atoms with E-state index in [-0.39, 0.29) is 0 Å². The van der Waals surface area contributed by atoms with Crippen LogP contribution in [0.4, 0.5) is 0 Å². The lowest BCUT2D eigenvalue weighted by molar-refractivity contribution is 1.39. The quantitative estimate of drug-likeness (QED) is 0.733. The minimum atomic E-state index is 0.667. The molecule has 0 aliphatic heterocycles. The highest BCUT2D eigenvalue weighted by Crippen LogP contribution is 2.33. The number of thiazole rings is 1. The molecule has 0 radical (unpaired) electrons. The second kappa shape index (κ2) is 3.70. The van der Waals surface area contributed by atoms with Gasteiger partial charge in [0.1, 0.15) is 5.01 Å². The lowest BCUT2D eigenvalue weighted by atomic mass is 10.2. The maximum Gasteiger partial charge on any atom is 0.124 e. The predicted octanol–water partition coefficient (Wildman–Crippen LogP) is 3.75. The van der Waals surface area contributed by atoms with E-state index >= 15 is 0 Å². The Hall–Kier alpha value is -0.510. The van der Waals surface area contributed by atoms with Gasteiger partial charge in [0.2, 0.25) is 0 Å². The Morgan fingerprint density at radius 2 is 2.23 bits per heavy atom. The van der Waals surface area contributed by atoms with Crippen molar-refractivity contribution in [3.63, 3.8) is 0 Å². The Kier molecular flexibility index (Phi) is 2.58. The zero-order valence-corrected chi connectivity index (χ0v) is 9.03. The summed E-state index contributed by atoms with van der Waals surface area (Å²) in [5.41, 5.74) is 0.948. The van der Waals surface area contributed by atoms with Crippen molar-refractivity contribution < 1.29 is 0 Å². The van der Waals surface area contributed by atoms with Crippen molar-refractivity contribution in [3.05, 3.63) is 34.8 Å². The summed E-state index contributed by atoms with van der Waals surface area (Å²) in [6.07, 6.45) is 1.77. The fraction of sp³-hybridized carbons (Fsp3) is 0. The van der Waals surface area contributed by atoms with Crippen molar-refractivity contribution in [1.82, 2.24) is 4.98 Å². The molecule has 66 valence electrons. The smallest absolute Gasteiger partial charge is 0.124 e. The molecular formula is C9H6ClNS2. The molecule has 0 saturated heterocycles. The fourth-order valence-electron chi connectivity index (χ4n) is 1.04. The molecule has 0 saturated carbocycles. The lowest BCUT2D eigenvalue weighted by Gasteiger charge is -2.01. The van der Waals surface area contributed by atoms with Crippen molar-refractivity contribution in [1.29, 1.82) is 0 Å². The summed E-state index contributed by atoms with van der Waals surface area (Å²) in [6.45, 7) is 0. The SMILES string of the molecule is Sc1cccc(-c2nccs2)c1Cl. The summed E-state index contributed by atoms with van der Waals surface area (Å²) in [7, 11) is 0. The minimum Gasteiger partial charge on any atom is -0.244 e. The van der Waals surface area contributed by atoms with E-state index in [2.05, 4.69) is 17.6 Å². The number of hydrogen-bond acceptors (Lipinski definition) is 3. The van der Waals surface area contributed by atoms with Crippen molar-refractivity contribution >= 4 is 35.6 Å². The molecule has 0 aliphatic carbocycles. The van der Waals surface area contributed by atoms with Gasteiger partial charge in [0.25, 0.3) is 0 Å². The standard InChI is InChI=1S/C9H6ClNS2/c10-8-6(2-1-3-7(8)12)9-11-4-5-13-9/h1-5,12H. The third-order valence-corrected chi connectivity index (χ3v) is 3.36. The molecule has 1 heterocycles. The molecular weight excluding hydrogens is 222 g/mol. The van der Waals surface area contributed by atoms with Crippen LogP contribution in [0.3, 0.4) is 0 Å². The summed E-state index contributed by atoms with van der Waals surface area (Å²) in [5.74, 6) is 0. The van der Waals surface area contributed by atoms with Gasteiger partial charge in [-0.15, -0.1) is 24.0 Å². The Morgan fingerprint density at radius 3 is 2.92 bits per heavy atom. The highest BCUT2D eigenvalue weighted by atomic mass is 35.5. The monoisotopic (exact) mass is 227 g/mol. The molecule has 0 aliphatic rings. The molecule has 1 aromatic heterocycles. The molecule has 0 amide bonds. The van der Waals surface area contributed by atoms with Gasteiger partial charge in [-0.2, -0.15) is 0 Å². The number of aromatic nitrogens is 1. The van der Waals surface area contributed by atoms with E-state index in [4.69, 9.17) is 11.6 Å². The van der Waals surface area contributed by atoms with Crippen LogP contribution in [-0.2, 0) is 0 Å². The Morgan fingerprint density at radius 1 is 1.38 bits per heavy atom. The Balaban J connectivity index is 2.59. The molecule has 2 rings (SSSR count). The van der Waals surface area contributed by atoms with Crippen LogP contribution in [0.5, 0.6) is 0 Å². The number of rotatable bonds is 1. The number of halogens is 1. The molecule has 0 fully saturated rings. The van der Waals surface area contributed by atoms with Crippen LogP contribution in [0.15, 0.2) is 34.7 Å². The lowest BCUT2D eigenvalue weighted by Crippen LogP contribution is -1.78. The molecule has 0 atom stereocenters. The number of hydrogen-bond donors (Lipinski definition) is 1. The van der Waals surface area contributed by atoms with E-state index in [1.54, 1.807) is 17.5 Å². The summed E-state index contributed by atoms with van der Waals surface area (Å²) in [4.78, 5) is 4.97. The average molecular weight is 228 g/mol. The van der Waals surface area contributed by atoms with Gasteiger partial charge >= 0.3 is 0 Å². The van der Waals surface area contributed by atoms with Crippen LogP contribution in [0.25, 0.3) is 10.6 Å². The van der Waals surface area contributed by atoms with Crippen molar-refractivity contribution in [3.8, 4) is 10.6 Å². The molecule has 1 nitrogen and oxygen atoms in total. The highest BCUT2D eigenvalue weighted by molar-refractivity contribution is 7.80. The third-order valence-electron chi connectivity index (χ3n) is 1.64. The molecule has 0 N–H and O–H groups in total. The molecule has 0 spiro atoms. The molecule has 0 unspecified atom stereocenters. The van der Waals surface area contributed by atoms with Gasteiger partial charge in [-0.3, -0.25) is 0 Å². The van der Waals surface area contributed by atoms with Gasteiger partial charge in [-0.25, -0.2) is 4.98 Å². The molecule has 2 aromatic rings. The average Bonchev–Trinajstić information content (AvgIpc) is 2.62. The van der Waals surface area contributed by atoms with E-state index in [9.17, 15) is 0 Å². The number of benzene rings is 1. The van der Waals surface area contributed by atoms with E-state index in [0.717, 1.165) is 15.5 Å². The topological polar surface area (TPSA) is 12.9 Å². The van der Waals surface area contributed by atoms with Gasteiger partial charge in [-0.05, 0) is 6.07 Å². The van der Waals surface area contributed by atoms with Gasteiger partial charge in [0.15, 0.2) is 0 Å². The van der Waals surface area contributed by atoms with Crippen LogP contribution in [0.2, 0.25) is 5.02 Å². The van der Waals surface area contributed by atoms with Gasteiger partial charge in [0.05, 0.1) is 5.02 Å². The maximum atomic E-state index is 6.07. The molecule has 4 heteroatoms. The van der Waals surface area contributed by atoms with Crippen LogP contribution in [0, 0.1) is 0 Å². The first-order valence-electron chi connectivity index (χ1n) is 3.66. The van der Waals surface area contributed by atoms with E-state index in [1.807, 2.05) is 23.6 Å². The normalized spacial score (nSPS) is 10.3. The van der Waals surface area contributed by atoms with Gasteiger partial charge < -0.3 is 0 Å². The summed E-state index contributed by atoms with van der Waals surface area (Å²) in [6, 6.07) is 5.73. The van der Waals surface area contributed by atoms with E-state index in [1.165, 1.54) is 0 Å². The summed E-state index contributed by atoms with van der Waals surface area (Å²) in [5, 5.41) is 3.53. The fourth-order valence-corrected chi connectivity index (χ4v) is 2.19. The van der Waals surface area contributed by atoms with Crippen LogP contribution in [0.1, 0.15) is 0 Å². The van der Waals surface area contributed by atoms with Crippen molar-refractivity contribution in [2.45, 2.75) is 4.90 Å². The zero-order valence-electron chi connectivity index (χ0n) is 6.57. The first kappa shape index (κ1) is 9.06. The van der Waals surface area contributed by atoms with Crippen molar-refractivity contribution in [2.75, 3.05) is 0 Å². The van der Waals surface area contributed by atoms with Crippen LogP contribution in [-0.4, -0.2) is 4.98 Å². The predicted molar refractivity (Wildman–Crippen MR) is 59.8 cm³/mol. The first-order valence-corrected chi connectivity index (χ1v) is 5.37. The van der Waals surface area contributed by atoms with E-state index in [0.29, 0.717) is 5.02 Å². The highest BCUT2D eigenvalue weighted by Gasteiger charge is 2.07. The van der Waals surface area contributed by atoms with Crippen LogP contribution >= 0.6 is 35.6 Å². The number of nitrogens with zero attached hydrogens (tertiary/aromatic N) is 1. The summed E-state index contributed by atoms with van der Waals surface area (Å²) >= 11 is 11.9. The first-order chi connectivity index (χ1) is 6.29. The van der Waals surface area contributed by atoms with Gasteiger partial charge in [0, 0.05) is 22.0 Å². The second-order valence-corrected chi connectivity index (χ2v) is 4.23. The minimum absolute atomic E-state index is 0.667. The third kappa shape index (κ3) is 1.73. The zero-order chi connectivity index (χ0) is 9.26. The molecule has 0 bridgehead atoms. The van der Waals surface area contributed by atoms with Crippen molar-refractivity contribution in [2.24, 2.45) is 0 Å². The summed E-state index contributed by atoms with van der Waals surface area (Å²) < 4.78 is 0. The molecule has 1 aromatic carbocycles. The Bertz CT molecular complexity index is 412. The second-order valence-electron chi connectivity index (χ2n) is 2.48. The Labute approximate surface area is 90.8 Å². The van der Waals surface area contributed by atoms with Gasteiger partial charge in [-0.1, -0.05) is 23.7 Å².